The minimum absolute atomic E-state index is 1.30. The normalized spacial score (nSPS) is 11.3. The van der Waals surface area contributed by atoms with Crippen molar-refractivity contribution in [2.75, 3.05) is 0 Å². The van der Waals surface area contributed by atoms with Crippen LogP contribution in [-0.4, -0.2) is 8.07 Å². The fraction of sp³-hybridized carbons (Fsp3) is 0.0625. The SMILES string of the molecule is Cc1ccccc1-c1ccccc1[Si](c1ccccc1)(c1ccccc1)c1ccccc1C. The van der Waals surface area contributed by atoms with Crippen LogP contribution >= 0.6 is 0 Å². The van der Waals surface area contributed by atoms with Gasteiger partial charge >= 0.3 is 0 Å². The molecule has 5 aromatic carbocycles. The lowest BCUT2D eigenvalue weighted by Gasteiger charge is -2.37. The van der Waals surface area contributed by atoms with Crippen molar-refractivity contribution in [3.05, 3.63) is 145 Å². The van der Waals surface area contributed by atoms with Gasteiger partial charge < -0.3 is 0 Å². The molecule has 0 aromatic heterocycles. The minimum atomic E-state index is -2.59. The van der Waals surface area contributed by atoms with Gasteiger partial charge in [-0.25, -0.2) is 0 Å². The van der Waals surface area contributed by atoms with Gasteiger partial charge in [-0.3, -0.25) is 0 Å². The highest BCUT2D eigenvalue weighted by atomic mass is 28.3. The average molecular weight is 441 g/mol. The smallest absolute Gasteiger partial charge is 0.0623 e. The number of hydrogen-bond donors (Lipinski definition) is 0. The van der Waals surface area contributed by atoms with Gasteiger partial charge in [0.25, 0.3) is 0 Å². The van der Waals surface area contributed by atoms with Crippen molar-refractivity contribution in [1.29, 1.82) is 0 Å². The van der Waals surface area contributed by atoms with Crippen LogP contribution in [0, 0.1) is 13.8 Å². The summed E-state index contributed by atoms with van der Waals surface area (Å²) < 4.78 is 0. The lowest BCUT2D eigenvalue weighted by Crippen LogP contribution is -2.75. The van der Waals surface area contributed by atoms with Crippen LogP contribution in [0.2, 0.25) is 0 Å². The van der Waals surface area contributed by atoms with E-state index in [2.05, 4.69) is 147 Å². The Labute approximate surface area is 198 Å². The lowest BCUT2D eigenvalue weighted by atomic mass is 10.0. The van der Waals surface area contributed by atoms with Crippen molar-refractivity contribution in [3.63, 3.8) is 0 Å². The summed E-state index contributed by atoms with van der Waals surface area (Å²) in [6.07, 6.45) is 0. The van der Waals surface area contributed by atoms with Gasteiger partial charge in [0.05, 0.1) is 0 Å². The fourth-order valence-corrected chi connectivity index (χ4v) is 10.5. The molecule has 0 saturated heterocycles. The van der Waals surface area contributed by atoms with Gasteiger partial charge in [-0.1, -0.05) is 139 Å². The van der Waals surface area contributed by atoms with E-state index in [0.717, 1.165) is 0 Å². The van der Waals surface area contributed by atoms with Gasteiger partial charge in [-0.15, -0.1) is 0 Å². The molecule has 0 bridgehead atoms. The van der Waals surface area contributed by atoms with Crippen LogP contribution in [0.15, 0.2) is 133 Å². The second-order valence-corrected chi connectivity index (χ2v) is 12.4. The van der Waals surface area contributed by atoms with Crippen LogP contribution in [0.4, 0.5) is 0 Å². The molecular formula is C32H28Si. The third kappa shape index (κ3) is 3.65. The zero-order chi connectivity index (χ0) is 22.7. The zero-order valence-corrected chi connectivity index (χ0v) is 20.2. The van der Waals surface area contributed by atoms with Crippen LogP contribution in [0.1, 0.15) is 11.1 Å². The van der Waals surface area contributed by atoms with Crippen molar-refractivity contribution < 1.29 is 0 Å². The van der Waals surface area contributed by atoms with Crippen molar-refractivity contribution in [2.45, 2.75) is 13.8 Å². The maximum Gasteiger partial charge on any atom is 0.180 e. The fourth-order valence-electron chi connectivity index (χ4n) is 5.22. The highest BCUT2D eigenvalue weighted by Crippen LogP contribution is 2.24. The van der Waals surface area contributed by atoms with Gasteiger partial charge in [0.2, 0.25) is 0 Å². The zero-order valence-electron chi connectivity index (χ0n) is 19.2. The van der Waals surface area contributed by atoms with E-state index in [1.54, 1.807) is 0 Å². The van der Waals surface area contributed by atoms with Crippen LogP contribution in [0.5, 0.6) is 0 Å². The van der Waals surface area contributed by atoms with E-state index in [9.17, 15) is 0 Å². The average Bonchev–Trinajstić information content (AvgIpc) is 2.88. The van der Waals surface area contributed by atoms with E-state index < -0.39 is 8.07 Å². The summed E-state index contributed by atoms with van der Waals surface area (Å²) in [7, 11) is -2.59. The Hall–Kier alpha value is -3.68. The molecule has 0 aliphatic heterocycles. The van der Waals surface area contributed by atoms with E-state index in [-0.39, 0.29) is 0 Å². The summed E-state index contributed by atoms with van der Waals surface area (Å²) in [6, 6.07) is 49.2. The van der Waals surface area contributed by atoms with Crippen molar-refractivity contribution in [2.24, 2.45) is 0 Å². The van der Waals surface area contributed by atoms with E-state index in [0.29, 0.717) is 0 Å². The number of benzene rings is 5. The van der Waals surface area contributed by atoms with Crippen molar-refractivity contribution in [1.82, 2.24) is 0 Å². The molecule has 0 spiro atoms. The topological polar surface area (TPSA) is 0 Å². The molecule has 0 amide bonds. The molecule has 0 saturated carbocycles. The molecule has 5 rings (SSSR count). The highest BCUT2D eigenvalue weighted by molar-refractivity contribution is 7.20. The van der Waals surface area contributed by atoms with Crippen LogP contribution in [0.25, 0.3) is 11.1 Å². The molecule has 0 fully saturated rings. The summed E-state index contributed by atoms with van der Waals surface area (Å²) in [5.41, 5.74) is 5.29. The molecule has 33 heavy (non-hydrogen) atoms. The maximum absolute atomic E-state index is 2.59. The summed E-state index contributed by atoms with van der Waals surface area (Å²) in [6.45, 7) is 4.48. The molecule has 0 nitrogen and oxygen atoms in total. The summed E-state index contributed by atoms with van der Waals surface area (Å²) in [5.74, 6) is 0. The molecular weight excluding hydrogens is 412 g/mol. The molecule has 0 N–H and O–H groups in total. The number of hydrogen-bond acceptors (Lipinski definition) is 0. The van der Waals surface area contributed by atoms with Gasteiger partial charge in [0.1, 0.15) is 0 Å². The van der Waals surface area contributed by atoms with Gasteiger partial charge in [0, 0.05) is 0 Å². The quantitative estimate of drug-likeness (QED) is 0.255. The summed E-state index contributed by atoms with van der Waals surface area (Å²) in [5, 5.41) is 5.70. The van der Waals surface area contributed by atoms with E-state index in [1.807, 2.05) is 0 Å². The van der Waals surface area contributed by atoms with Crippen molar-refractivity contribution in [3.8, 4) is 11.1 Å². The second-order valence-electron chi connectivity index (χ2n) is 8.66. The molecule has 0 aliphatic carbocycles. The largest absolute Gasteiger partial charge is 0.180 e. The molecule has 0 radical (unpaired) electrons. The molecule has 5 aromatic rings. The second kappa shape index (κ2) is 9.05. The Bertz CT molecular complexity index is 1330. The van der Waals surface area contributed by atoms with Crippen LogP contribution in [-0.2, 0) is 0 Å². The van der Waals surface area contributed by atoms with Gasteiger partial charge in [-0.05, 0) is 51.3 Å². The molecule has 0 unspecified atom stereocenters. The Kier molecular flexibility index (Phi) is 5.81. The van der Waals surface area contributed by atoms with E-state index in [4.69, 9.17) is 0 Å². The van der Waals surface area contributed by atoms with Crippen molar-refractivity contribution >= 4 is 28.8 Å². The van der Waals surface area contributed by atoms with Crippen LogP contribution < -0.4 is 20.7 Å². The predicted molar refractivity (Wildman–Crippen MR) is 145 cm³/mol. The van der Waals surface area contributed by atoms with Gasteiger partial charge in [0.15, 0.2) is 8.07 Å². The third-order valence-corrected chi connectivity index (χ3v) is 11.7. The van der Waals surface area contributed by atoms with E-state index in [1.165, 1.54) is 43.0 Å². The first-order chi connectivity index (χ1) is 16.2. The molecule has 0 atom stereocenters. The third-order valence-electron chi connectivity index (χ3n) is 6.73. The summed E-state index contributed by atoms with van der Waals surface area (Å²) >= 11 is 0. The monoisotopic (exact) mass is 440 g/mol. The van der Waals surface area contributed by atoms with Crippen LogP contribution in [0.3, 0.4) is 0 Å². The Morgan fingerprint density at radius 1 is 0.364 bits per heavy atom. The maximum atomic E-state index is 2.38. The first-order valence-electron chi connectivity index (χ1n) is 11.6. The van der Waals surface area contributed by atoms with Gasteiger partial charge in [-0.2, -0.15) is 0 Å². The predicted octanol–water partition coefficient (Wildman–Crippen LogP) is 5.35. The first kappa shape index (κ1) is 21.2. The molecule has 0 aliphatic rings. The number of rotatable bonds is 5. The first-order valence-corrected chi connectivity index (χ1v) is 13.6. The highest BCUT2D eigenvalue weighted by Gasteiger charge is 2.43. The molecule has 0 heterocycles. The standard InChI is InChI=1S/C32H28Si/c1-25-15-9-11-21-29(25)30-22-12-14-24-32(30)33(27-17-5-3-6-18-27,28-19-7-4-8-20-28)31-23-13-10-16-26(31)2/h3-24H,1-2H3. The molecule has 1 heteroatoms. The van der Waals surface area contributed by atoms with E-state index >= 15 is 0 Å². The number of aryl methyl sites for hydroxylation is 2. The summed E-state index contributed by atoms with van der Waals surface area (Å²) in [4.78, 5) is 0. The Morgan fingerprint density at radius 3 is 1.33 bits per heavy atom. The lowest BCUT2D eigenvalue weighted by molar-refractivity contribution is 1.46. The molecule has 160 valence electrons. The minimum Gasteiger partial charge on any atom is -0.0623 e. The Morgan fingerprint density at radius 2 is 0.788 bits per heavy atom. The Balaban J connectivity index is 1.98.